The van der Waals surface area contributed by atoms with Crippen LogP contribution in [0.5, 0.6) is 0 Å². The average molecular weight is 525 g/mol. The van der Waals surface area contributed by atoms with Crippen LogP contribution in [-0.4, -0.2) is 53.9 Å². The van der Waals surface area contributed by atoms with Gasteiger partial charge in [0.1, 0.15) is 11.4 Å². The Bertz CT molecular complexity index is 1070. The highest BCUT2D eigenvalue weighted by molar-refractivity contribution is 5.92. The van der Waals surface area contributed by atoms with Gasteiger partial charge in [0.25, 0.3) is 11.8 Å². The first-order valence-electron chi connectivity index (χ1n) is 11.7. The van der Waals surface area contributed by atoms with E-state index in [4.69, 9.17) is 21.7 Å². The van der Waals surface area contributed by atoms with E-state index in [0.717, 1.165) is 23.5 Å². The molecule has 202 valence electrons. The Morgan fingerprint density at radius 2 is 1.08 bits per heavy atom. The Morgan fingerprint density at radius 3 is 1.29 bits per heavy atom. The summed E-state index contributed by atoms with van der Waals surface area (Å²) in [4.78, 5) is 57.4. The van der Waals surface area contributed by atoms with Crippen molar-refractivity contribution in [1.82, 2.24) is 19.9 Å². The molecule has 0 aliphatic heterocycles. The van der Waals surface area contributed by atoms with Gasteiger partial charge in [0.15, 0.2) is 0 Å². The minimum atomic E-state index is -0.730. The number of nitrogens with zero attached hydrogens (tertiary/aromatic N) is 4. The Hall–Kier alpha value is -4.74. The zero-order valence-electron chi connectivity index (χ0n) is 21.2. The molecule has 6 N–H and O–H groups in total. The van der Waals surface area contributed by atoms with Gasteiger partial charge in [0, 0.05) is 24.8 Å². The maximum absolute atomic E-state index is 10.7. The standard InChI is InChI=1S/2C10H13NO2.C6H6N4O2/c2*1-2-9(10(12)13)6-8-4-3-5-11-7-8;7-5(11)3-1-9-4(2-10-3)6(8)12/h2*3-5,7,9H,2,6H2,1H3,(H,12,13);1-2H,(H2,7,11)(H2,8,12). The van der Waals surface area contributed by atoms with Crippen molar-refractivity contribution in [3.05, 3.63) is 84.0 Å². The highest BCUT2D eigenvalue weighted by Gasteiger charge is 2.15. The van der Waals surface area contributed by atoms with Crippen molar-refractivity contribution in [3.8, 4) is 0 Å². The van der Waals surface area contributed by atoms with Crippen LogP contribution < -0.4 is 11.5 Å². The van der Waals surface area contributed by atoms with Gasteiger partial charge in [-0.2, -0.15) is 0 Å². The smallest absolute Gasteiger partial charge is 0.306 e. The molecule has 12 nitrogen and oxygen atoms in total. The van der Waals surface area contributed by atoms with E-state index in [0.29, 0.717) is 25.7 Å². The van der Waals surface area contributed by atoms with Crippen molar-refractivity contribution in [2.75, 3.05) is 0 Å². The molecular weight excluding hydrogens is 492 g/mol. The Kier molecular flexibility index (Phi) is 13.9. The molecule has 2 amide bonds. The van der Waals surface area contributed by atoms with Crippen LogP contribution in [0.25, 0.3) is 0 Å². The van der Waals surface area contributed by atoms with Gasteiger partial charge in [-0.05, 0) is 48.9 Å². The number of amides is 2. The number of aliphatic carboxylic acids is 2. The van der Waals surface area contributed by atoms with Crippen LogP contribution in [-0.2, 0) is 22.4 Å². The Labute approximate surface area is 220 Å². The van der Waals surface area contributed by atoms with Crippen molar-refractivity contribution in [2.45, 2.75) is 39.5 Å². The minimum Gasteiger partial charge on any atom is -0.481 e. The molecule has 0 fully saturated rings. The average Bonchev–Trinajstić information content (AvgIpc) is 2.92. The molecule has 0 bridgehead atoms. The Balaban J connectivity index is 0.000000285. The zero-order valence-corrected chi connectivity index (χ0v) is 21.2. The number of rotatable bonds is 10. The first-order valence-corrected chi connectivity index (χ1v) is 11.7. The highest BCUT2D eigenvalue weighted by Crippen LogP contribution is 2.12. The normalized spacial score (nSPS) is 11.4. The third-order valence-corrected chi connectivity index (χ3v) is 5.25. The summed E-state index contributed by atoms with van der Waals surface area (Å²) in [7, 11) is 0. The van der Waals surface area contributed by atoms with Crippen LogP contribution in [0.4, 0.5) is 0 Å². The molecule has 2 unspecified atom stereocenters. The van der Waals surface area contributed by atoms with Crippen molar-refractivity contribution < 1.29 is 29.4 Å². The summed E-state index contributed by atoms with van der Waals surface area (Å²) < 4.78 is 0. The van der Waals surface area contributed by atoms with Gasteiger partial charge in [0.2, 0.25) is 0 Å². The van der Waals surface area contributed by atoms with Crippen molar-refractivity contribution >= 4 is 23.8 Å². The third kappa shape index (κ3) is 11.8. The molecule has 3 heterocycles. The van der Waals surface area contributed by atoms with Gasteiger partial charge in [-0.3, -0.25) is 29.1 Å². The summed E-state index contributed by atoms with van der Waals surface area (Å²) in [6.07, 6.45) is 11.5. The number of carboxylic acid groups (broad SMARTS) is 2. The van der Waals surface area contributed by atoms with Crippen molar-refractivity contribution in [1.29, 1.82) is 0 Å². The number of carboxylic acids is 2. The molecule has 3 aromatic rings. The topological polar surface area (TPSA) is 212 Å². The second-order valence-corrected chi connectivity index (χ2v) is 8.03. The predicted molar refractivity (Wildman–Crippen MR) is 138 cm³/mol. The monoisotopic (exact) mass is 524 g/mol. The molecule has 0 aliphatic rings. The van der Waals surface area contributed by atoms with Crippen LogP contribution in [0.2, 0.25) is 0 Å². The summed E-state index contributed by atoms with van der Waals surface area (Å²) in [5.41, 5.74) is 11.7. The van der Waals surface area contributed by atoms with Gasteiger partial charge < -0.3 is 21.7 Å². The third-order valence-electron chi connectivity index (χ3n) is 5.25. The molecular formula is C26H32N6O6. The molecule has 0 spiro atoms. The van der Waals surface area contributed by atoms with E-state index in [2.05, 4.69) is 19.9 Å². The lowest BCUT2D eigenvalue weighted by atomic mass is 9.98. The number of hydrogen-bond donors (Lipinski definition) is 4. The minimum absolute atomic E-state index is 0.000000000000000222. The molecule has 3 rings (SSSR count). The zero-order chi connectivity index (χ0) is 28.5. The first kappa shape index (κ1) is 31.3. The van der Waals surface area contributed by atoms with E-state index >= 15 is 0 Å². The number of carbonyl (C=O) groups is 4. The lowest BCUT2D eigenvalue weighted by molar-refractivity contribution is -0.142. The number of pyridine rings is 2. The molecule has 0 saturated carbocycles. The number of primary amides is 2. The highest BCUT2D eigenvalue weighted by atomic mass is 16.4. The van der Waals surface area contributed by atoms with Crippen LogP contribution in [0, 0.1) is 11.8 Å². The molecule has 12 heteroatoms. The fourth-order valence-corrected chi connectivity index (χ4v) is 3.00. The number of hydrogen-bond acceptors (Lipinski definition) is 8. The van der Waals surface area contributed by atoms with Crippen LogP contribution >= 0.6 is 0 Å². The molecule has 0 aliphatic carbocycles. The summed E-state index contributed by atoms with van der Waals surface area (Å²) in [6.45, 7) is 3.77. The van der Waals surface area contributed by atoms with Crippen molar-refractivity contribution in [3.63, 3.8) is 0 Å². The van der Waals surface area contributed by atoms with E-state index < -0.39 is 23.8 Å². The summed E-state index contributed by atoms with van der Waals surface area (Å²) >= 11 is 0. The maximum Gasteiger partial charge on any atom is 0.306 e. The largest absolute Gasteiger partial charge is 0.481 e. The molecule has 3 aromatic heterocycles. The van der Waals surface area contributed by atoms with E-state index in [1.807, 2.05) is 38.1 Å². The van der Waals surface area contributed by atoms with Crippen molar-refractivity contribution in [2.24, 2.45) is 23.3 Å². The SMILES string of the molecule is CCC(Cc1cccnc1)C(=O)O.CCC(Cc1cccnc1)C(=O)O.NC(=O)c1cnc(C(N)=O)cn1. The van der Waals surface area contributed by atoms with Gasteiger partial charge in [-0.25, -0.2) is 9.97 Å². The number of carbonyl (C=O) groups excluding carboxylic acids is 2. The van der Waals surface area contributed by atoms with Gasteiger partial charge in [-0.15, -0.1) is 0 Å². The van der Waals surface area contributed by atoms with E-state index in [1.165, 1.54) is 0 Å². The molecule has 38 heavy (non-hydrogen) atoms. The van der Waals surface area contributed by atoms with Crippen LogP contribution in [0.1, 0.15) is 58.8 Å². The fraction of sp³-hybridized carbons (Fsp3) is 0.308. The fourth-order valence-electron chi connectivity index (χ4n) is 3.00. The lowest BCUT2D eigenvalue weighted by Crippen LogP contribution is -2.17. The summed E-state index contributed by atoms with van der Waals surface area (Å²) in [5, 5.41) is 17.6. The van der Waals surface area contributed by atoms with E-state index in [-0.39, 0.29) is 23.2 Å². The van der Waals surface area contributed by atoms with Crippen LogP contribution in [0.15, 0.2) is 61.4 Å². The van der Waals surface area contributed by atoms with Gasteiger partial charge >= 0.3 is 11.9 Å². The maximum atomic E-state index is 10.7. The predicted octanol–water partition coefficient (Wildman–Crippen LogP) is 2.14. The van der Waals surface area contributed by atoms with E-state index in [1.54, 1.807) is 24.8 Å². The molecule has 0 aromatic carbocycles. The van der Waals surface area contributed by atoms with Gasteiger partial charge in [0.05, 0.1) is 24.2 Å². The number of aromatic nitrogens is 4. The molecule has 2 atom stereocenters. The lowest BCUT2D eigenvalue weighted by Gasteiger charge is -2.08. The van der Waals surface area contributed by atoms with Gasteiger partial charge in [-0.1, -0.05) is 26.0 Å². The van der Waals surface area contributed by atoms with E-state index in [9.17, 15) is 19.2 Å². The molecule has 0 saturated heterocycles. The molecule has 0 radical (unpaired) electrons. The second kappa shape index (κ2) is 16.8. The second-order valence-electron chi connectivity index (χ2n) is 8.03. The Morgan fingerprint density at radius 1 is 0.711 bits per heavy atom. The summed E-state index contributed by atoms with van der Waals surface area (Å²) in [6, 6.07) is 7.45. The summed E-state index contributed by atoms with van der Waals surface area (Å²) in [5.74, 6) is -3.43. The number of nitrogens with two attached hydrogens (primary N) is 2. The first-order chi connectivity index (χ1) is 18.1. The van der Waals surface area contributed by atoms with Crippen LogP contribution in [0.3, 0.4) is 0 Å². The quantitative estimate of drug-likeness (QED) is 0.303.